The van der Waals surface area contributed by atoms with E-state index in [9.17, 15) is 0 Å². The van der Waals surface area contributed by atoms with Gasteiger partial charge in [0.25, 0.3) is 0 Å². The van der Waals surface area contributed by atoms with Gasteiger partial charge in [-0.3, -0.25) is 4.57 Å². The molecule has 5 aromatic rings. The van der Waals surface area contributed by atoms with E-state index < -0.39 is 0 Å². The van der Waals surface area contributed by atoms with Gasteiger partial charge in [0.2, 0.25) is 11.8 Å². The predicted molar refractivity (Wildman–Crippen MR) is 124 cm³/mol. The molecule has 10 heteroatoms. The Bertz CT molecular complexity index is 1350. The molecule has 0 saturated heterocycles. The third-order valence-electron chi connectivity index (χ3n) is 4.85. The first-order chi connectivity index (χ1) is 16.2. The average molecular weight is 480 g/mol. The van der Waals surface area contributed by atoms with Gasteiger partial charge in [-0.1, -0.05) is 35.5 Å². The molecular weight excluding hydrogens is 462 g/mol. The highest BCUT2D eigenvalue weighted by molar-refractivity contribution is 7.98. The van der Waals surface area contributed by atoms with Crippen molar-refractivity contribution in [1.29, 1.82) is 0 Å². The number of aromatic nitrogens is 5. The second kappa shape index (κ2) is 9.51. The molecule has 0 N–H and O–H groups in total. The highest BCUT2D eigenvalue weighted by atomic mass is 35.5. The summed E-state index contributed by atoms with van der Waals surface area (Å²) in [6.45, 7) is 0.485. The van der Waals surface area contributed by atoms with Crippen molar-refractivity contribution in [1.82, 2.24) is 25.0 Å². The van der Waals surface area contributed by atoms with E-state index in [0.717, 1.165) is 22.9 Å². The molecule has 3 heterocycles. The molecule has 0 spiro atoms. The summed E-state index contributed by atoms with van der Waals surface area (Å²) in [6.07, 6.45) is 1.65. The van der Waals surface area contributed by atoms with Gasteiger partial charge in [-0.05, 0) is 48.5 Å². The molecule has 0 fully saturated rings. The molecule has 0 saturated carbocycles. The summed E-state index contributed by atoms with van der Waals surface area (Å²) in [7, 11) is 1.64. The van der Waals surface area contributed by atoms with Gasteiger partial charge in [0, 0.05) is 5.56 Å². The van der Waals surface area contributed by atoms with Gasteiger partial charge in [0.05, 0.1) is 36.3 Å². The Morgan fingerprint density at radius 2 is 1.82 bits per heavy atom. The quantitative estimate of drug-likeness (QED) is 0.266. The summed E-state index contributed by atoms with van der Waals surface area (Å²) in [4.78, 5) is 0. The van der Waals surface area contributed by atoms with Gasteiger partial charge in [0.1, 0.15) is 11.5 Å². The van der Waals surface area contributed by atoms with E-state index in [1.54, 1.807) is 19.4 Å². The van der Waals surface area contributed by atoms with Gasteiger partial charge < -0.3 is 13.6 Å². The molecule has 0 radical (unpaired) electrons. The summed E-state index contributed by atoms with van der Waals surface area (Å²) < 4.78 is 18.6. The first-order valence-corrected chi connectivity index (χ1v) is 11.4. The fourth-order valence-corrected chi connectivity index (χ4v) is 4.22. The minimum absolute atomic E-state index is 0.382. The molecule has 0 amide bonds. The zero-order valence-electron chi connectivity index (χ0n) is 17.5. The lowest BCUT2D eigenvalue weighted by Gasteiger charge is -2.09. The Morgan fingerprint density at radius 3 is 2.58 bits per heavy atom. The van der Waals surface area contributed by atoms with Gasteiger partial charge in [-0.25, -0.2) is 0 Å². The summed E-state index contributed by atoms with van der Waals surface area (Å²) in [5, 5.41) is 18.4. The van der Waals surface area contributed by atoms with Crippen molar-refractivity contribution < 1.29 is 13.6 Å². The summed E-state index contributed by atoms with van der Waals surface area (Å²) in [5.41, 5.74) is 1.62. The smallest absolute Gasteiger partial charge is 0.249 e. The fourth-order valence-electron chi connectivity index (χ4n) is 3.23. The Balaban J connectivity index is 1.40. The minimum Gasteiger partial charge on any atom is -0.497 e. The molecule has 0 aliphatic carbocycles. The van der Waals surface area contributed by atoms with Gasteiger partial charge in [0.15, 0.2) is 11.0 Å². The third kappa shape index (κ3) is 4.64. The molecule has 0 atom stereocenters. The van der Waals surface area contributed by atoms with E-state index in [1.807, 2.05) is 59.2 Å². The number of ether oxygens (including phenoxy) is 1. The minimum atomic E-state index is 0.382. The molecule has 8 nitrogen and oxygen atoms in total. The van der Waals surface area contributed by atoms with E-state index in [1.165, 1.54) is 11.8 Å². The lowest BCUT2D eigenvalue weighted by Crippen LogP contribution is -2.03. The van der Waals surface area contributed by atoms with Crippen LogP contribution in [0.1, 0.15) is 11.7 Å². The van der Waals surface area contributed by atoms with Crippen LogP contribution in [0.5, 0.6) is 5.75 Å². The summed E-state index contributed by atoms with van der Waals surface area (Å²) in [5.74, 6) is 3.57. The fraction of sp³-hybridized carbons (Fsp3) is 0.130. The first kappa shape index (κ1) is 21.3. The van der Waals surface area contributed by atoms with Crippen LogP contribution in [0.3, 0.4) is 0 Å². The lowest BCUT2D eigenvalue weighted by atomic mass is 10.2. The maximum Gasteiger partial charge on any atom is 0.249 e. The van der Waals surface area contributed by atoms with Crippen molar-refractivity contribution in [3.05, 3.63) is 83.6 Å². The average Bonchev–Trinajstić information content (AvgIpc) is 3.60. The van der Waals surface area contributed by atoms with E-state index in [-0.39, 0.29) is 0 Å². The number of thioether (sulfide) groups is 1. The van der Waals surface area contributed by atoms with Crippen molar-refractivity contribution in [2.24, 2.45) is 0 Å². The molecule has 0 aliphatic rings. The Kier molecular flexibility index (Phi) is 6.14. The zero-order chi connectivity index (χ0) is 22.6. The molecule has 2 aromatic carbocycles. The normalized spacial score (nSPS) is 11.1. The molecular formula is C23H18ClN5O3S. The monoisotopic (exact) mass is 479 g/mol. The van der Waals surface area contributed by atoms with Gasteiger partial charge in [-0.15, -0.1) is 20.4 Å². The number of halogens is 1. The highest BCUT2D eigenvalue weighted by Gasteiger charge is 2.18. The Hall–Kier alpha value is -3.56. The zero-order valence-corrected chi connectivity index (χ0v) is 19.1. The third-order valence-corrected chi connectivity index (χ3v) is 6.14. The number of rotatable bonds is 8. The number of nitrogens with zero attached hydrogens (tertiary/aromatic N) is 5. The molecule has 166 valence electrons. The van der Waals surface area contributed by atoms with E-state index in [4.69, 9.17) is 25.2 Å². The second-order valence-corrected chi connectivity index (χ2v) is 8.32. The predicted octanol–water partition coefficient (Wildman–Crippen LogP) is 5.59. The van der Waals surface area contributed by atoms with Gasteiger partial charge >= 0.3 is 0 Å². The Labute approximate surface area is 198 Å². The summed E-state index contributed by atoms with van der Waals surface area (Å²) >= 11 is 7.69. The van der Waals surface area contributed by atoms with Crippen molar-refractivity contribution in [2.45, 2.75) is 17.5 Å². The van der Waals surface area contributed by atoms with Crippen molar-refractivity contribution in [3.8, 4) is 28.6 Å². The Morgan fingerprint density at radius 1 is 0.970 bits per heavy atom. The second-order valence-electron chi connectivity index (χ2n) is 6.97. The number of benzene rings is 2. The van der Waals surface area contributed by atoms with Crippen molar-refractivity contribution in [2.75, 3.05) is 7.11 Å². The largest absolute Gasteiger partial charge is 0.497 e. The molecule has 3 aromatic heterocycles. The SMILES string of the molecule is COc1ccc(-c2nnc(SCc3nnc(-c4ccccc4Cl)o3)n2Cc2ccco2)cc1. The van der Waals surface area contributed by atoms with Crippen LogP contribution in [-0.4, -0.2) is 32.1 Å². The van der Waals surface area contributed by atoms with Crippen molar-refractivity contribution >= 4 is 23.4 Å². The maximum absolute atomic E-state index is 6.24. The number of furan rings is 1. The van der Waals surface area contributed by atoms with E-state index in [0.29, 0.717) is 39.8 Å². The van der Waals surface area contributed by atoms with Crippen molar-refractivity contribution in [3.63, 3.8) is 0 Å². The topological polar surface area (TPSA) is 92.0 Å². The maximum atomic E-state index is 6.24. The summed E-state index contributed by atoms with van der Waals surface area (Å²) in [6, 6.07) is 18.8. The van der Waals surface area contributed by atoms with Gasteiger partial charge in [-0.2, -0.15) is 0 Å². The van der Waals surface area contributed by atoms with Crippen LogP contribution in [0.15, 0.2) is 80.9 Å². The van der Waals surface area contributed by atoms with Crippen LogP contribution in [0, 0.1) is 0 Å². The molecule has 5 rings (SSSR count). The van der Waals surface area contributed by atoms with Crippen LogP contribution in [0.25, 0.3) is 22.8 Å². The number of methoxy groups -OCH3 is 1. The standard InChI is InChI=1S/C23H18ClN5O3S/c1-30-16-10-8-15(9-11-16)21-26-28-23(29(21)13-17-5-4-12-31-17)33-14-20-25-27-22(32-20)18-6-2-3-7-19(18)24/h2-12H,13-14H2,1H3. The molecule has 33 heavy (non-hydrogen) atoms. The molecule has 0 bridgehead atoms. The molecule has 0 aliphatic heterocycles. The highest BCUT2D eigenvalue weighted by Crippen LogP contribution is 2.30. The van der Waals surface area contributed by atoms with Crippen LogP contribution < -0.4 is 4.74 Å². The number of hydrogen-bond donors (Lipinski definition) is 0. The first-order valence-electron chi connectivity index (χ1n) is 10.0. The van der Waals surface area contributed by atoms with Crippen LogP contribution in [0.2, 0.25) is 5.02 Å². The molecule has 0 unspecified atom stereocenters. The number of hydrogen-bond acceptors (Lipinski definition) is 8. The lowest BCUT2D eigenvalue weighted by molar-refractivity contribution is 0.415. The van der Waals surface area contributed by atoms with E-state index in [2.05, 4.69) is 20.4 Å². The van der Waals surface area contributed by atoms with E-state index >= 15 is 0 Å². The van der Waals surface area contributed by atoms with Crippen LogP contribution in [-0.2, 0) is 12.3 Å². The van der Waals surface area contributed by atoms with Crippen LogP contribution in [0.4, 0.5) is 0 Å². The van der Waals surface area contributed by atoms with Crippen LogP contribution >= 0.6 is 23.4 Å².